The molecule has 0 radical (unpaired) electrons. The molecule has 230 valence electrons. The molecule has 0 aliphatic carbocycles. The highest BCUT2D eigenvalue weighted by Crippen LogP contribution is 2.39. The molecule has 2 heterocycles. The maximum atomic E-state index is 10.5. The number of nitriles is 3. The molecule has 0 fully saturated rings. The fourth-order valence-corrected chi connectivity index (χ4v) is 7.46. The smallest absolute Gasteiger partial charge is 0.0998 e. The monoisotopic (exact) mass is 635 g/mol. The van der Waals surface area contributed by atoms with E-state index in [-0.39, 0.29) is 0 Å². The second-order valence-electron chi connectivity index (χ2n) is 12.3. The lowest BCUT2D eigenvalue weighted by Gasteiger charge is -2.16. The summed E-state index contributed by atoms with van der Waals surface area (Å²) in [6, 6.07) is 57.8. The van der Waals surface area contributed by atoms with E-state index in [1.807, 2.05) is 91.0 Å². The molecule has 0 unspecified atom stereocenters. The Kier molecular flexibility index (Phi) is 6.56. The largest absolute Gasteiger partial charge is 0.309 e. The first-order valence-corrected chi connectivity index (χ1v) is 16.3. The normalized spacial score (nSPS) is 11.1. The number of fused-ring (bicyclic) bond motifs is 6. The molecule has 0 amide bonds. The first-order chi connectivity index (χ1) is 24.7. The van der Waals surface area contributed by atoms with Crippen molar-refractivity contribution in [3.63, 3.8) is 0 Å². The molecule has 0 atom stereocenters. The average molecular weight is 636 g/mol. The van der Waals surface area contributed by atoms with Crippen molar-refractivity contribution in [3.8, 4) is 51.8 Å². The SMILES string of the molecule is N#Cc1ccc2c(c1)c1ccccc1n2-c1cccc(-c2ccc(-c3ccccc3-n3c4ccccc4c4c(C#N)cccc43)c(C#N)c2)c1. The number of rotatable bonds is 4. The predicted octanol–water partition coefficient (Wildman–Crippen LogP) is 10.8. The number of aromatic nitrogens is 2. The van der Waals surface area contributed by atoms with Gasteiger partial charge in [0.2, 0.25) is 0 Å². The van der Waals surface area contributed by atoms with E-state index in [1.165, 1.54) is 0 Å². The van der Waals surface area contributed by atoms with Crippen LogP contribution in [0.25, 0.3) is 77.2 Å². The lowest BCUT2D eigenvalue weighted by Crippen LogP contribution is -1.98. The third-order valence-corrected chi connectivity index (χ3v) is 9.63. The molecule has 5 nitrogen and oxygen atoms in total. The first-order valence-electron chi connectivity index (χ1n) is 16.3. The fraction of sp³-hybridized carbons (Fsp3) is 0. The zero-order valence-electron chi connectivity index (χ0n) is 26.7. The van der Waals surface area contributed by atoms with E-state index < -0.39 is 0 Å². The maximum absolute atomic E-state index is 10.5. The minimum Gasteiger partial charge on any atom is -0.309 e. The Bertz CT molecular complexity index is 2970. The topological polar surface area (TPSA) is 81.2 Å². The molecule has 0 aliphatic heterocycles. The summed E-state index contributed by atoms with van der Waals surface area (Å²) in [7, 11) is 0. The van der Waals surface area contributed by atoms with E-state index in [0.717, 1.165) is 77.2 Å². The average Bonchev–Trinajstić information content (AvgIpc) is 3.70. The van der Waals surface area contributed by atoms with Crippen LogP contribution in [-0.2, 0) is 0 Å². The summed E-state index contributed by atoms with van der Waals surface area (Å²) < 4.78 is 4.43. The van der Waals surface area contributed by atoms with Crippen LogP contribution in [0.2, 0.25) is 0 Å². The zero-order valence-corrected chi connectivity index (χ0v) is 26.7. The Morgan fingerprint density at radius 1 is 0.400 bits per heavy atom. The van der Waals surface area contributed by atoms with Crippen molar-refractivity contribution in [2.75, 3.05) is 0 Å². The summed E-state index contributed by atoms with van der Waals surface area (Å²) in [5, 5.41) is 34.1. The van der Waals surface area contributed by atoms with Gasteiger partial charge in [0.1, 0.15) is 0 Å². The third kappa shape index (κ3) is 4.31. The van der Waals surface area contributed by atoms with Crippen LogP contribution in [0.4, 0.5) is 0 Å². The van der Waals surface area contributed by atoms with Crippen LogP contribution in [0.1, 0.15) is 16.7 Å². The number of benzene rings is 7. The van der Waals surface area contributed by atoms with Crippen LogP contribution in [0.15, 0.2) is 152 Å². The highest BCUT2D eigenvalue weighted by Gasteiger charge is 2.19. The molecule has 0 N–H and O–H groups in total. The lowest BCUT2D eigenvalue weighted by atomic mass is 9.94. The van der Waals surface area contributed by atoms with Crippen LogP contribution in [-0.4, -0.2) is 9.13 Å². The van der Waals surface area contributed by atoms with Gasteiger partial charge in [-0.2, -0.15) is 15.8 Å². The van der Waals surface area contributed by atoms with Crippen LogP contribution < -0.4 is 0 Å². The number of nitrogens with zero attached hydrogens (tertiary/aromatic N) is 5. The third-order valence-electron chi connectivity index (χ3n) is 9.63. The molecule has 0 aliphatic rings. The van der Waals surface area contributed by atoms with Gasteiger partial charge in [-0.05, 0) is 77.9 Å². The predicted molar refractivity (Wildman–Crippen MR) is 200 cm³/mol. The summed E-state index contributed by atoms with van der Waals surface area (Å²) in [6.07, 6.45) is 0. The summed E-state index contributed by atoms with van der Waals surface area (Å²) in [5.41, 5.74) is 11.5. The fourth-order valence-electron chi connectivity index (χ4n) is 7.46. The van der Waals surface area contributed by atoms with E-state index in [9.17, 15) is 15.8 Å². The second kappa shape index (κ2) is 11.4. The maximum Gasteiger partial charge on any atom is 0.0998 e. The molecule has 0 bridgehead atoms. The van der Waals surface area contributed by atoms with Crippen molar-refractivity contribution < 1.29 is 0 Å². The molecule has 0 saturated carbocycles. The minimum atomic E-state index is 0.569. The number of hydrogen-bond acceptors (Lipinski definition) is 3. The Morgan fingerprint density at radius 2 is 1.08 bits per heavy atom. The molecule has 5 heteroatoms. The van der Waals surface area contributed by atoms with Gasteiger partial charge in [0.25, 0.3) is 0 Å². The van der Waals surface area contributed by atoms with Crippen LogP contribution in [0.5, 0.6) is 0 Å². The Morgan fingerprint density at radius 3 is 1.90 bits per heavy atom. The standard InChI is InChI=1S/C45H25N5/c46-26-29-19-22-43-39(23-29)37-13-2-4-15-40(37)49(43)34-11-7-9-30(25-34)31-20-21-35(33(24-31)28-48)36-12-1-5-16-41(36)50-42-17-6-3-14-38(42)45-32(27-47)10-8-18-44(45)50/h1-25H. The van der Waals surface area contributed by atoms with Crippen molar-refractivity contribution in [3.05, 3.63) is 168 Å². The van der Waals surface area contributed by atoms with Crippen LogP contribution >= 0.6 is 0 Å². The highest BCUT2D eigenvalue weighted by atomic mass is 15.0. The van der Waals surface area contributed by atoms with Gasteiger partial charge in [0.05, 0.1) is 62.7 Å². The number of hydrogen-bond donors (Lipinski definition) is 0. The Balaban J connectivity index is 1.19. The molecule has 50 heavy (non-hydrogen) atoms. The van der Waals surface area contributed by atoms with E-state index in [2.05, 4.69) is 88.0 Å². The van der Waals surface area contributed by atoms with E-state index in [4.69, 9.17) is 0 Å². The lowest BCUT2D eigenvalue weighted by molar-refractivity contribution is 1.18. The number of para-hydroxylation sites is 3. The second-order valence-corrected chi connectivity index (χ2v) is 12.3. The molecule has 7 aromatic carbocycles. The van der Waals surface area contributed by atoms with Gasteiger partial charge in [-0.25, -0.2) is 0 Å². The van der Waals surface area contributed by atoms with Crippen LogP contribution in [0.3, 0.4) is 0 Å². The van der Waals surface area contributed by atoms with E-state index in [0.29, 0.717) is 16.7 Å². The van der Waals surface area contributed by atoms with Gasteiger partial charge < -0.3 is 9.13 Å². The zero-order chi connectivity index (χ0) is 33.8. The van der Waals surface area contributed by atoms with Gasteiger partial charge >= 0.3 is 0 Å². The quantitative estimate of drug-likeness (QED) is 0.193. The molecule has 9 aromatic rings. The Hall–Kier alpha value is -7.39. The van der Waals surface area contributed by atoms with Crippen molar-refractivity contribution in [2.45, 2.75) is 0 Å². The first kappa shape index (κ1) is 28.8. The summed E-state index contributed by atoms with van der Waals surface area (Å²) in [4.78, 5) is 0. The van der Waals surface area contributed by atoms with E-state index >= 15 is 0 Å². The van der Waals surface area contributed by atoms with Crippen molar-refractivity contribution in [2.24, 2.45) is 0 Å². The molecule has 9 rings (SSSR count). The molecular weight excluding hydrogens is 611 g/mol. The summed E-state index contributed by atoms with van der Waals surface area (Å²) in [6.45, 7) is 0. The van der Waals surface area contributed by atoms with Gasteiger partial charge in [-0.3, -0.25) is 0 Å². The summed E-state index contributed by atoms with van der Waals surface area (Å²) >= 11 is 0. The van der Waals surface area contributed by atoms with Crippen molar-refractivity contribution in [1.29, 1.82) is 15.8 Å². The Labute approximate surface area is 287 Å². The summed E-state index contributed by atoms with van der Waals surface area (Å²) in [5.74, 6) is 0. The van der Waals surface area contributed by atoms with Crippen molar-refractivity contribution in [1.82, 2.24) is 9.13 Å². The highest BCUT2D eigenvalue weighted by molar-refractivity contribution is 6.12. The molecule has 0 saturated heterocycles. The van der Waals surface area contributed by atoms with Gasteiger partial charge in [-0.1, -0.05) is 84.9 Å². The molecular formula is C45H25N5. The molecule has 2 aromatic heterocycles. The minimum absolute atomic E-state index is 0.569. The van der Waals surface area contributed by atoms with Gasteiger partial charge in [0.15, 0.2) is 0 Å². The van der Waals surface area contributed by atoms with Gasteiger partial charge in [-0.15, -0.1) is 0 Å². The molecule has 0 spiro atoms. The van der Waals surface area contributed by atoms with Crippen molar-refractivity contribution >= 4 is 43.6 Å². The van der Waals surface area contributed by atoms with E-state index in [1.54, 1.807) is 0 Å². The van der Waals surface area contributed by atoms with Gasteiger partial charge in [0, 0.05) is 38.4 Å². The van der Waals surface area contributed by atoms with Crippen LogP contribution in [0, 0.1) is 34.0 Å².